The predicted molar refractivity (Wildman–Crippen MR) is 113 cm³/mol. The zero-order chi connectivity index (χ0) is 20.5. The van der Waals surface area contributed by atoms with Gasteiger partial charge in [0.1, 0.15) is 0 Å². The molecule has 1 rings (SSSR count). The van der Waals surface area contributed by atoms with Crippen molar-refractivity contribution in [1.82, 2.24) is 0 Å². The molecule has 0 saturated carbocycles. The molecule has 0 saturated heterocycles. The van der Waals surface area contributed by atoms with E-state index in [4.69, 9.17) is 5.11 Å². The van der Waals surface area contributed by atoms with Gasteiger partial charge in [-0.15, -0.1) is 5.92 Å². The van der Waals surface area contributed by atoms with Crippen molar-refractivity contribution >= 4 is 5.97 Å². The third kappa shape index (κ3) is 12.7. The van der Waals surface area contributed by atoms with Gasteiger partial charge in [-0.25, -0.2) is 0 Å². The predicted octanol–water partition coefficient (Wildman–Crippen LogP) is 4.05. The van der Waals surface area contributed by atoms with Crippen LogP contribution in [0.5, 0.6) is 0 Å². The van der Waals surface area contributed by atoms with Crippen molar-refractivity contribution in [3.8, 4) is 11.8 Å². The van der Waals surface area contributed by atoms with E-state index in [1.54, 1.807) is 12.2 Å². The van der Waals surface area contributed by atoms with E-state index in [1.807, 2.05) is 24.3 Å². The molecule has 4 nitrogen and oxygen atoms in total. The molecule has 28 heavy (non-hydrogen) atoms. The zero-order valence-electron chi connectivity index (χ0n) is 16.2. The van der Waals surface area contributed by atoms with Crippen LogP contribution in [0.4, 0.5) is 0 Å². The van der Waals surface area contributed by atoms with E-state index in [0.29, 0.717) is 12.8 Å². The van der Waals surface area contributed by atoms with Crippen molar-refractivity contribution in [2.75, 3.05) is 0 Å². The van der Waals surface area contributed by atoms with Crippen molar-refractivity contribution in [3.05, 3.63) is 72.4 Å². The molecule has 0 aliphatic rings. The highest BCUT2D eigenvalue weighted by Crippen LogP contribution is 2.06. The van der Waals surface area contributed by atoms with Gasteiger partial charge in [0.05, 0.1) is 12.2 Å². The Labute approximate surface area is 167 Å². The second-order valence-corrected chi connectivity index (χ2v) is 6.44. The zero-order valence-corrected chi connectivity index (χ0v) is 16.2. The van der Waals surface area contributed by atoms with Crippen LogP contribution >= 0.6 is 0 Å². The molecule has 1 aromatic carbocycles. The van der Waals surface area contributed by atoms with E-state index in [9.17, 15) is 15.0 Å². The molecule has 0 aliphatic carbocycles. The summed E-state index contributed by atoms with van der Waals surface area (Å²) < 4.78 is 0. The molecule has 0 unspecified atom stereocenters. The monoisotopic (exact) mass is 382 g/mol. The number of aliphatic carboxylic acids is 1. The molecule has 0 bridgehead atoms. The van der Waals surface area contributed by atoms with Crippen LogP contribution in [0.25, 0.3) is 0 Å². The molecular weight excluding hydrogens is 352 g/mol. The van der Waals surface area contributed by atoms with Gasteiger partial charge in [0.15, 0.2) is 0 Å². The number of hydrogen-bond acceptors (Lipinski definition) is 3. The molecule has 4 heteroatoms. The third-order valence-corrected chi connectivity index (χ3v) is 4.02. The van der Waals surface area contributed by atoms with E-state index in [-0.39, 0.29) is 12.8 Å². The van der Waals surface area contributed by atoms with Gasteiger partial charge in [-0.2, -0.15) is 0 Å². The molecule has 150 valence electrons. The molecule has 0 amide bonds. The van der Waals surface area contributed by atoms with Gasteiger partial charge in [-0.05, 0) is 31.2 Å². The number of rotatable bonds is 12. The summed E-state index contributed by atoms with van der Waals surface area (Å²) in [5, 5.41) is 28.0. The maximum atomic E-state index is 10.4. The number of hydrogen-bond donors (Lipinski definition) is 3. The first-order valence-electron chi connectivity index (χ1n) is 9.67. The summed E-state index contributed by atoms with van der Waals surface area (Å²) in [6, 6.07) is 10.4. The van der Waals surface area contributed by atoms with E-state index in [2.05, 4.69) is 36.1 Å². The summed E-state index contributed by atoms with van der Waals surface area (Å²) in [7, 11) is 0. The minimum Gasteiger partial charge on any atom is -0.481 e. The van der Waals surface area contributed by atoms with E-state index >= 15 is 0 Å². The fourth-order valence-electron chi connectivity index (χ4n) is 2.46. The van der Waals surface area contributed by atoms with Crippen LogP contribution < -0.4 is 0 Å². The molecule has 0 fully saturated rings. The first-order valence-corrected chi connectivity index (χ1v) is 9.67. The molecule has 0 aliphatic heterocycles. The van der Waals surface area contributed by atoms with Crippen molar-refractivity contribution in [2.24, 2.45) is 0 Å². The van der Waals surface area contributed by atoms with Crippen LogP contribution in [-0.4, -0.2) is 33.5 Å². The summed E-state index contributed by atoms with van der Waals surface area (Å²) >= 11 is 0. The van der Waals surface area contributed by atoms with Gasteiger partial charge >= 0.3 is 5.97 Å². The highest BCUT2D eigenvalue weighted by molar-refractivity contribution is 5.66. The van der Waals surface area contributed by atoms with E-state index in [0.717, 1.165) is 19.3 Å². The second kappa shape index (κ2) is 15.4. The SMILES string of the molecule is O=C(O)CCC[C@H](O)[C@H](O)C=CC=CC=CCC#CCCCc1ccccc1. The lowest BCUT2D eigenvalue weighted by molar-refractivity contribution is -0.137. The molecule has 0 radical (unpaired) electrons. The van der Waals surface area contributed by atoms with Crippen LogP contribution in [0.2, 0.25) is 0 Å². The highest BCUT2D eigenvalue weighted by Gasteiger charge is 2.12. The number of benzene rings is 1. The maximum Gasteiger partial charge on any atom is 0.303 e. The minimum atomic E-state index is -0.996. The average Bonchev–Trinajstić information content (AvgIpc) is 2.69. The van der Waals surface area contributed by atoms with Crippen LogP contribution in [0.3, 0.4) is 0 Å². The number of carbonyl (C=O) groups is 1. The summed E-state index contributed by atoms with van der Waals surface area (Å²) in [6.45, 7) is 0. The smallest absolute Gasteiger partial charge is 0.303 e. The minimum absolute atomic E-state index is 0.00584. The second-order valence-electron chi connectivity index (χ2n) is 6.44. The third-order valence-electron chi connectivity index (χ3n) is 4.02. The van der Waals surface area contributed by atoms with Crippen molar-refractivity contribution < 1.29 is 20.1 Å². The molecule has 3 N–H and O–H groups in total. The van der Waals surface area contributed by atoms with E-state index in [1.165, 1.54) is 11.6 Å². The first kappa shape index (κ1) is 23.4. The summed E-state index contributed by atoms with van der Waals surface area (Å²) in [4.78, 5) is 10.4. The van der Waals surface area contributed by atoms with Crippen molar-refractivity contribution in [1.29, 1.82) is 0 Å². The molecule has 0 spiro atoms. The fraction of sp³-hybridized carbons (Fsp3) is 0.375. The van der Waals surface area contributed by atoms with Crippen LogP contribution in [0, 0.1) is 11.8 Å². The lowest BCUT2D eigenvalue weighted by Gasteiger charge is -2.13. The summed E-state index contributed by atoms with van der Waals surface area (Å²) in [6.07, 6.45) is 13.0. The van der Waals surface area contributed by atoms with Crippen molar-refractivity contribution in [3.63, 3.8) is 0 Å². The molecule has 2 atom stereocenters. The quantitative estimate of drug-likeness (QED) is 0.290. The first-order chi connectivity index (χ1) is 13.6. The number of unbranched alkanes of at least 4 members (excludes halogenated alkanes) is 1. The van der Waals surface area contributed by atoms with Gasteiger partial charge in [-0.1, -0.05) is 72.7 Å². The Morgan fingerprint density at radius 2 is 1.75 bits per heavy atom. The standard InChI is InChI=1S/C24H30O4/c25-22(23(26)19-14-20-24(27)28)18-13-8-6-4-2-1-3-5-7-10-15-21-16-11-9-12-17-21/h2,4,6,8-9,11-13,16-18,22-23,25-26H,1,7,10,14-15,19-20H2,(H,27,28)/t22-,23+/m1/s1. The lowest BCUT2D eigenvalue weighted by atomic mass is 10.1. The maximum absolute atomic E-state index is 10.4. The summed E-state index contributed by atoms with van der Waals surface area (Å²) in [5.41, 5.74) is 1.35. The average molecular weight is 383 g/mol. The highest BCUT2D eigenvalue weighted by atomic mass is 16.4. The normalized spacial score (nSPS) is 13.6. The Hall–Kier alpha value is -2.61. The number of carboxylic acid groups (broad SMARTS) is 1. The van der Waals surface area contributed by atoms with Crippen LogP contribution in [-0.2, 0) is 11.2 Å². The van der Waals surface area contributed by atoms with Gasteiger partial charge < -0.3 is 15.3 Å². The van der Waals surface area contributed by atoms with Crippen LogP contribution in [0.15, 0.2) is 66.8 Å². The fourth-order valence-corrected chi connectivity index (χ4v) is 2.46. The molecular formula is C24H30O4. The van der Waals surface area contributed by atoms with E-state index < -0.39 is 18.2 Å². The molecule has 1 aromatic rings. The number of carboxylic acids is 1. The van der Waals surface area contributed by atoms with Gasteiger partial charge in [0.2, 0.25) is 0 Å². The Balaban J connectivity index is 2.12. The molecule has 0 aromatic heterocycles. The van der Waals surface area contributed by atoms with Gasteiger partial charge in [-0.3, -0.25) is 4.79 Å². The van der Waals surface area contributed by atoms with Gasteiger partial charge in [0.25, 0.3) is 0 Å². The van der Waals surface area contributed by atoms with Crippen molar-refractivity contribution in [2.45, 2.75) is 57.2 Å². The number of aliphatic hydroxyl groups excluding tert-OH is 2. The Morgan fingerprint density at radius 1 is 1.00 bits per heavy atom. The topological polar surface area (TPSA) is 77.8 Å². The van der Waals surface area contributed by atoms with Crippen LogP contribution in [0.1, 0.15) is 44.1 Å². The Kier molecular flexibility index (Phi) is 12.9. The largest absolute Gasteiger partial charge is 0.481 e. The Bertz CT molecular complexity index is 692. The molecule has 0 heterocycles. The van der Waals surface area contributed by atoms with Gasteiger partial charge in [0, 0.05) is 19.3 Å². The summed E-state index contributed by atoms with van der Waals surface area (Å²) in [5.74, 6) is 5.39. The lowest BCUT2D eigenvalue weighted by Crippen LogP contribution is -2.23. The Morgan fingerprint density at radius 3 is 2.50 bits per heavy atom. The number of aryl methyl sites for hydroxylation is 1. The number of allylic oxidation sites excluding steroid dienone is 5. The number of aliphatic hydroxyl groups is 2.